The molecular weight excluding hydrogens is 386 g/mol. The summed E-state index contributed by atoms with van der Waals surface area (Å²) < 4.78 is 26.1. The molecule has 3 aromatic carbocycles. The van der Waals surface area contributed by atoms with Crippen molar-refractivity contribution in [2.75, 3.05) is 10.2 Å². The Labute approximate surface area is 174 Å². The van der Waals surface area contributed by atoms with Crippen molar-refractivity contribution >= 4 is 23.2 Å². The van der Waals surface area contributed by atoms with Crippen LogP contribution in [0.5, 0.6) is 0 Å². The zero-order valence-electron chi connectivity index (χ0n) is 16.6. The van der Waals surface area contributed by atoms with Crippen LogP contribution in [0.4, 0.5) is 20.2 Å². The predicted octanol–water partition coefficient (Wildman–Crippen LogP) is 5.09. The van der Waals surface area contributed by atoms with E-state index in [2.05, 4.69) is 5.32 Å². The quantitative estimate of drug-likeness (QED) is 0.592. The van der Waals surface area contributed by atoms with Crippen LogP contribution in [0.1, 0.15) is 24.5 Å². The van der Waals surface area contributed by atoms with Gasteiger partial charge >= 0.3 is 0 Å². The molecule has 0 bridgehead atoms. The molecule has 0 heterocycles. The summed E-state index contributed by atoms with van der Waals surface area (Å²) in [6.45, 7) is 2.12. The Morgan fingerprint density at radius 2 is 1.33 bits per heavy atom. The summed E-state index contributed by atoms with van der Waals surface area (Å²) in [6, 6.07) is 18.8. The Kier molecular flexibility index (Phi) is 6.91. The Hall–Kier alpha value is -3.54. The smallest absolute Gasteiger partial charge is 0.228 e. The minimum absolute atomic E-state index is 0.0545. The third-order valence-corrected chi connectivity index (χ3v) is 4.60. The van der Waals surface area contributed by atoms with Gasteiger partial charge in [-0.15, -0.1) is 0 Å². The van der Waals surface area contributed by atoms with E-state index in [0.717, 1.165) is 11.1 Å². The van der Waals surface area contributed by atoms with Gasteiger partial charge in [-0.25, -0.2) is 8.78 Å². The van der Waals surface area contributed by atoms with Gasteiger partial charge in [0.2, 0.25) is 11.8 Å². The lowest BCUT2D eigenvalue weighted by Gasteiger charge is -2.23. The predicted molar refractivity (Wildman–Crippen MR) is 113 cm³/mol. The minimum atomic E-state index is -0.365. The van der Waals surface area contributed by atoms with E-state index >= 15 is 0 Å². The summed E-state index contributed by atoms with van der Waals surface area (Å²) in [5.41, 5.74) is 2.83. The topological polar surface area (TPSA) is 49.4 Å². The number of benzene rings is 3. The van der Waals surface area contributed by atoms with Crippen molar-refractivity contribution in [1.82, 2.24) is 0 Å². The lowest BCUT2D eigenvalue weighted by atomic mass is 10.1. The second-order valence-electron chi connectivity index (χ2n) is 6.86. The molecule has 3 aromatic rings. The van der Waals surface area contributed by atoms with Crippen LogP contribution in [0.25, 0.3) is 0 Å². The van der Waals surface area contributed by atoms with Crippen molar-refractivity contribution in [3.8, 4) is 0 Å². The molecule has 0 unspecified atom stereocenters. The Balaban J connectivity index is 1.68. The van der Waals surface area contributed by atoms with Gasteiger partial charge in [0.1, 0.15) is 11.6 Å². The molecule has 0 aliphatic carbocycles. The van der Waals surface area contributed by atoms with Crippen molar-refractivity contribution < 1.29 is 18.4 Å². The van der Waals surface area contributed by atoms with Crippen LogP contribution >= 0.6 is 0 Å². The first-order valence-corrected chi connectivity index (χ1v) is 9.64. The van der Waals surface area contributed by atoms with E-state index in [1.807, 2.05) is 0 Å². The summed E-state index contributed by atoms with van der Waals surface area (Å²) in [5.74, 6) is -0.964. The molecule has 154 valence electrons. The minimum Gasteiger partial charge on any atom is -0.326 e. The molecule has 0 atom stereocenters. The maximum Gasteiger partial charge on any atom is 0.228 e. The zero-order chi connectivity index (χ0) is 21.5. The van der Waals surface area contributed by atoms with Crippen molar-refractivity contribution in [2.24, 2.45) is 0 Å². The van der Waals surface area contributed by atoms with Crippen LogP contribution < -0.4 is 10.2 Å². The summed E-state index contributed by atoms with van der Waals surface area (Å²) in [4.78, 5) is 26.3. The third kappa shape index (κ3) is 5.73. The second kappa shape index (κ2) is 9.78. The summed E-state index contributed by atoms with van der Waals surface area (Å²) in [6.07, 6.45) is 0.486. The fourth-order valence-electron chi connectivity index (χ4n) is 3.00. The lowest BCUT2D eigenvalue weighted by molar-refractivity contribution is -0.118. The first-order valence-electron chi connectivity index (χ1n) is 9.64. The van der Waals surface area contributed by atoms with E-state index in [1.54, 1.807) is 48.2 Å². The molecule has 4 nitrogen and oxygen atoms in total. The average Bonchev–Trinajstić information content (AvgIpc) is 2.75. The molecule has 30 heavy (non-hydrogen) atoms. The highest BCUT2D eigenvalue weighted by Gasteiger charge is 2.15. The summed E-state index contributed by atoms with van der Waals surface area (Å²) in [7, 11) is 0. The van der Waals surface area contributed by atoms with Crippen LogP contribution in [-0.4, -0.2) is 11.8 Å². The Bertz CT molecular complexity index is 1000. The monoisotopic (exact) mass is 408 g/mol. The Morgan fingerprint density at radius 1 is 0.800 bits per heavy atom. The van der Waals surface area contributed by atoms with E-state index in [9.17, 15) is 18.4 Å². The Morgan fingerprint density at radius 3 is 1.90 bits per heavy atom. The van der Waals surface area contributed by atoms with Crippen LogP contribution in [0.15, 0.2) is 72.8 Å². The van der Waals surface area contributed by atoms with Gasteiger partial charge in [-0.05, 0) is 59.7 Å². The van der Waals surface area contributed by atoms with Gasteiger partial charge in [-0.3, -0.25) is 9.59 Å². The highest BCUT2D eigenvalue weighted by molar-refractivity contribution is 5.94. The number of carbonyl (C=O) groups excluding carboxylic acids is 2. The number of carbonyl (C=O) groups is 2. The SMILES string of the molecule is CCC(=O)N(Cc1ccc(F)cc1)c1ccc(CC(=O)Nc2ccc(F)cc2)cc1. The maximum atomic E-state index is 13.1. The van der Waals surface area contributed by atoms with Crippen molar-refractivity contribution in [1.29, 1.82) is 0 Å². The van der Waals surface area contributed by atoms with Gasteiger partial charge in [-0.2, -0.15) is 0 Å². The van der Waals surface area contributed by atoms with Crippen LogP contribution in [0, 0.1) is 11.6 Å². The zero-order valence-corrected chi connectivity index (χ0v) is 16.6. The number of hydrogen-bond donors (Lipinski definition) is 1. The molecule has 0 spiro atoms. The van der Waals surface area contributed by atoms with Gasteiger partial charge in [0.15, 0.2) is 0 Å². The average molecular weight is 408 g/mol. The normalized spacial score (nSPS) is 10.5. The first kappa shape index (κ1) is 21.2. The fourth-order valence-corrected chi connectivity index (χ4v) is 3.00. The van der Waals surface area contributed by atoms with Crippen molar-refractivity contribution in [3.05, 3.63) is 95.6 Å². The largest absolute Gasteiger partial charge is 0.326 e. The van der Waals surface area contributed by atoms with Crippen LogP contribution in [-0.2, 0) is 22.6 Å². The lowest BCUT2D eigenvalue weighted by Crippen LogP contribution is -2.29. The van der Waals surface area contributed by atoms with Crippen LogP contribution in [0.3, 0.4) is 0 Å². The molecule has 0 aliphatic rings. The number of halogens is 2. The number of nitrogens with zero attached hydrogens (tertiary/aromatic N) is 1. The standard InChI is InChI=1S/C24H22F2N2O2/c1-2-24(30)28(16-18-3-7-19(25)8-4-18)22-13-5-17(6-14-22)15-23(29)27-21-11-9-20(26)10-12-21/h3-14H,2,15-16H2,1H3,(H,27,29). The molecule has 0 fully saturated rings. The maximum absolute atomic E-state index is 13.1. The van der Waals surface area contributed by atoms with Gasteiger partial charge in [0.05, 0.1) is 13.0 Å². The van der Waals surface area contributed by atoms with Gasteiger partial charge < -0.3 is 10.2 Å². The number of hydrogen-bond acceptors (Lipinski definition) is 2. The molecule has 2 amide bonds. The van der Waals surface area contributed by atoms with Gasteiger partial charge in [-0.1, -0.05) is 31.2 Å². The molecular formula is C24H22F2N2O2. The highest BCUT2D eigenvalue weighted by atomic mass is 19.1. The van der Waals surface area contributed by atoms with Crippen LogP contribution in [0.2, 0.25) is 0 Å². The second-order valence-corrected chi connectivity index (χ2v) is 6.86. The molecule has 0 aromatic heterocycles. The van der Waals surface area contributed by atoms with E-state index in [1.165, 1.54) is 36.4 Å². The molecule has 6 heteroatoms. The number of amides is 2. The van der Waals surface area contributed by atoms with Crippen molar-refractivity contribution in [3.63, 3.8) is 0 Å². The molecule has 3 rings (SSSR count). The van der Waals surface area contributed by atoms with E-state index in [4.69, 9.17) is 0 Å². The molecule has 0 saturated heterocycles. The number of rotatable bonds is 7. The summed E-state index contributed by atoms with van der Waals surface area (Å²) >= 11 is 0. The first-order chi connectivity index (χ1) is 14.4. The third-order valence-electron chi connectivity index (χ3n) is 4.60. The molecule has 0 radical (unpaired) electrons. The highest BCUT2D eigenvalue weighted by Crippen LogP contribution is 2.20. The fraction of sp³-hybridized carbons (Fsp3) is 0.167. The van der Waals surface area contributed by atoms with E-state index in [-0.39, 0.29) is 29.9 Å². The van der Waals surface area contributed by atoms with E-state index < -0.39 is 0 Å². The van der Waals surface area contributed by atoms with Gasteiger partial charge in [0, 0.05) is 17.8 Å². The summed E-state index contributed by atoms with van der Waals surface area (Å²) in [5, 5.41) is 2.72. The van der Waals surface area contributed by atoms with Gasteiger partial charge in [0.25, 0.3) is 0 Å². The number of nitrogens with one attached hydrogen (secondary N) is 1. The van der Waals surface area contributed by atoms with E-state index in [0.29, 0.717) is 24.3 Å². The molecule has 0 saturated carbocycles. The van der Waals surface area contributed by atoms with Crippen molar-refractivity contribution in [2.45, 2.75) is 26.3 Å². The molecule has 1 N–H and O–H groups in total. The number of anilines is 2. The molecule has 0 aliphatic heterocycles.